The third kappa shape index (κ3) is 5.33. The number of halogens is 1. The quantitative estimate of drug-likeness (QED) is 0.433. The van der Waals surface area contributed by atoms with E-state index in [1.54, 1.807) is 0 Å². The second kappa shape index (κ2) is 10.2. The van der Waals surface area contributed by atoms with Crippen LogP contribution < -0.4 is 5.32 Å². The van der Waals surface area contributed by atoms with Crippen molar-refractivity contribution in [1.29, 1.82) is 0 Å². The van der Waals surface area contributed by atoms with Crippen LogP contribution in [-0.2, 0) is 14.4 Å². The lowest BCUT2D eigenvalue weighted by Crippen LogP contribution is -2.44. The highest BCUT2D eigenvalue weighted by atomic mass is 35.5. The van der Waals surface area contributed by atoms with Gasteiger partial charge in [0.25, 0.3) is 0 Å². The molecule has 0 spiro atoms. The van der Waals surface area contributed by atoms with Gasteiger partial charge in [-0.3, -0.25) is 4.79 Å². The summed E-state index contributed by atoms with van der Waals surface area (Å²) in [5.74, 6) is -0.208. The molecule has 0 aromatic heterocycles. The number of ether oxygens (including phenoxy) is 1. The molecule has 1 saturated heterocycles. The predicted molar refractivity (Wildman–Crippen MR) is 111 cm³/mol. The number of carbonyl (C=O) groups is 1. The maximum absolute atomic E-state index is 11.8. The molecule has 148 valence electrons. The standard InChI is InChI=1S/C22H25ClN2O3/c1-2-27-22(26)17-12-13-18(24-14-17)15-28-25-21(16-8-4-3-5-9-16)19-10-6-7-11-20(19)23/h3-11,17-18,24H,2,12-15H2,1H3/b25-21-/t17-,18+/m1/s1. The number of nitrogens with zero attached hydrogens (tertiary/aromatic N) is 1. The van der Waals surface area contributed by atoms with Crippen LogP contribution in [0.5, 0.6) is 0 Å². The topological polar surface area (TPSA) is 59.9 Å². The first-order valence-electron chi connectivity index (χ1n) is 9.59. The molecule has 2 aromatic rings. The fraction of sp³-hybridized carbons (Fsp3) is 0.364. The van der Waals surface area contributed by atoms with Gasteiger partial charge in [0.15, 0.2) is 0 Å². The monoisotopic (exact) mass is 400 g/mol. The lowest BCUT2D eigenvalue weighted by Gasteiger charge is -2.27. The van der Waals surface area contributed by atoms with Gasteiger partial charge in [0, 0.05) is 23.7 Å². The average Bonchev–Trinajstić information content (AvgIpc) is 2.73. The van der Waals surface area contributed by atoms with Crippen molar-refractivity contribution in [3.05, 3.63) is 70.7 Å². The van der Waals surface area contributed by atoms with Crippen LogP contribution in [0.4, 0.5) is 0 Å². The zero-order valence-electron chi connectivity index (χ0n) is 15.9. The van der Waals surface area contributed by atoms with E-state index in [2.05, 4.69) is 10.5 Å². The Hall–Kier alpha value is -2.37. The minimum absolute atomic E-state index is 0.0808. The van der Waals surface area contributed by atoms with Crippen LogP contribution in [0.2, 0.25) is 5.02 Å². The van der Waals surface area contributed by atoms with Gasteiger partial charge in [-0.15, -0.1) is 0 Å². The Bertz CT molecular complexity index is 802. The number of rotatable bonds is 7. The van der Waals surface area contributed by atoms with Crippen LogP contribution in [0.1, 0.15) is 30.9 Å². The van der Waals surface area contributed by atoms with E-state index in [0.29, 0.717) is 30.5 Å². The molecule has 6 heteroatoms. The third-order valence-electron chi connectivity index (χ3n) is 4.74. The molecule has 5 nitrogen and oxygen atoms in total. The first-order chi connectivity index (χ1) is 13.7. The van der Waals surface area contributed by atoms with E-state index in [1.165, 1.54) is 0 Å². The van der Waals surface area contributed by atoms with E-state index in [-0.39, 0.29) is 17.9 Å². The van der Waals surface area contributed by atoms with Gasteiger partial charge in [-0.05, 0) is 25.8 Å². The minimum atomic E-state index is -0.127. The summed E-state index contributed by atoms with van der Waals surface area (Å²) in [5, 5.41) is 8.38. The molecule has 2 atom stereocenters. The number of esters is 1. The van der Waals surface area contributed by atoms with Gasteiger partial charge >= 0.3 is 5.97 Å². The van der Waals surface area contributed by atoms with E-state index in [9.17, 15) is 4.79 Å². The Morgan fingerprint density at radius 2 is 1.89 bits per heavy atom. The van der Waals surface area contributed by atoms with Crippen molar-refractivity contribution in [2.75, 3.05) is 19.8 Å². The van der Waals surface area contributed by atoms with Crippen molar-refractivity contribution < 1.29 is 14.4 Å². The van der Waals surface area contributed by atoms with Crippen molar-refractivity contribution in [3.63, 3.8) is 0 Å². The van der Waals surface area contributed by atoms with Crippen LogP contribution in [0.3, 0.4) is 0 Å². The average molecular weight is 401 g/mol. The van der Waals surface area contributed by atoms with E-state index in [4.69, 9.17) is 21.2 Å². The van der Waals surface area contributed by atoms with Crippen molar-refractivity contribution in [2.24, 2.45) is 11.1 Å². The lowest BCUT2D eigenvalue weighted by atomic mass is 9.95. The highest BCUT2D eigenvalue weighted by Gasteiger charge is 2.27. The van der Waals surface area contributed by atoms with Crippen molar-refractivity contribution in [3.8, 4) is 0 Å². The second-order valence-corrected chi connectivity index (χ2v) is 7.12. The molecule has 0 radical (unpaired) electrons. The largest absolute Gasteiger partial charge is 0.466 e. The third-order valence-corrected chi connectivity index (χ3v) is 5.07. The predicted octanol–water partition coefficient (Wildman–Crippen LogP) is 4.04. The maximum atomic E-state index is 11.8. The number of hydrogen-bond acceptors (Lipinski definition) is 5. The summed E-state index contributed by atoms with van der Waals surface area (Å²) in [4.78, 5) is 17.5. The fourth-order valence-corrected chi connectivity index (χ4v) is 3.44. The highest BCUT2D eigenvalue weighted by molar-refractivity contribution is 6.35. The van der Waals surface area contributed by atoms with Gasteiger partial charge in [0.05, 0.1) is 17.5 Å². The molecule has 0 saturated carbocycles. The normalized spacial score (nSPS) is 19.9. The molecule has 0 bridgehead atoms. The molecule has 0 unspecified atom stereocenters. The lowest BCUT2D eigenvalue weighted by molar-refractivity contribution is -0.148. The zero-order valence-corrected chi connectivity index (χ0v) is 16.7. The Balaban J connectivity index is 1.64. The van der Waals surface area contributed by atoms with Crippen LogP contribution >= 0.6 is 11.6 Å². The molecular weight excluding hydrogens is 376 g/mol. The summed E-state index contributed by atoms with van der Waals surface area (Å²) >= 11 is 6.38. The molecule has 28 heavy (non-hydrogen) atoms. The molecule has 1 aliphatic rings. The van der Waals surface area contributed by atoms with Crippen LogP contribution in [0, 0.1) is 5.92 Å². The molecular formula is C22H25ClN2O3. The summed E-state index contributed by atoms with van der Waals surface area (Å²) in [5.41, 5.74) is 2.47. The second-order valence-electron chi connectivity index (χ2n) is 6.71. The minimum Gasteiger partial charge on any atom is -0.466 e. The number of carbonyl (C=O) groups excluding carboxylic acids is 1. The molecule has 0 amide bonds. The highest BCUT2D eigenvalue weighted by Crippen LogP contribution is 2.21. The van der Waals surface area contributed by atoms with E-state index in [0.717, 1.165) is 24.0 Å². The summed E-state index contributed by atoms with van der Waals surface area (Å²) in [7, 11) is 0. The van der Waals surface area contributed by atoms with Crippen LogP contribution in [0.15, 0.2) is 59.8 Å². The SMILES string of the molecule is CCOC(=O)[C@@H]1CC[C@@H](CO/N=C(/c2ccccc2)c2ccccc2Cl)NC1. The van der Waals surface area contributed by atoms with Gasteiger partial charge in [0.2, 0.25) is 0 Å². The summed E-state index contributed by atoms with van der Waals surface area (Å²) in [6, 6.07) is 17.6. The van der Waals surface area contributed by atoms with Gasteiger partial charge in [-0.25, -0.2) is 0 Å². The molecule has 1 fully saturated rings. The molecule has 1 N–H and O–H groups in total. The van der Waals surface area contributed by atoms with Gasteiger partial charge in [-0.2, -0.15) is 0 Å². The molecule has 0 aliphatic carbocycles. The maximum Gasteiger partial charge on any atom is 0.310 e. The van der Waals surface area contributed by atoms with E-state index < -0.39 is 0 Å². The first-order valence-corrected chi connectivity index (χ1v) is 9.97. The number of piperidine rings is 1. The number of oxime groups is 1. The fourth-order valence-electron chi connectivity index (χ4n) is 3.22. The van der Waals surface area contributed by atoms with E-state index >= 15 is 0 Å². The Morgan fingerprint density at radius 3 is 2.57 bits per heavy atom. The number of hydrogen-bond donors (Lipinski definition) is 1. The Kier molecular flexibility index (Phi) is 7.46. The Morgan fingerprint density at radius 1 is 1.14 bits per heavy atom. The number of benzene rings is 2. The molecule has 3 rings (SSSR count). The summed E-state index contributed by atoms with van der Waals surface area (Å²) in [6.07, 6.45) is 1.63. The van der Waals surface area contributed by atoms with Crippen molar-refractivity contribution in [2.45, 2.75) is 25.8 Å². The van der Waals surface area contributed by atoms with Gasteiger partial charge < -0.3 is 14.9 Å². The van der Waals surface area contributed by atoms with E-state index in [1.807, 2.05) is 61.5 Å². The molecule has 2 aromatic carbocycles. The summed E-state index contributed by atoms with van der Waals surface area (Å²) in [6.45, 7) is 3.27. The molecule has 1 aliphatic heterocycles. The number of nitrogens with one attached hydrogen (secondary N) is 1. The van der Waals surface area contributed by atoms with Crippen LogP contribution in [-0.4, -0.2) is 37.5 Å². The Labute approximate surface area is 170 Å². The summed E-state index contributed by atoms with van der Waals surface area (Å²) < 4.78 is 5.09. The van der Waals surface area contributed by atoms with Gasteiger partial charge in [0.1, 0.15) is 12.3 Å². The first kappa shape index (κ1) is 20.4. The zero-order chi connectivity index (χ0) is 19.8. The van der Waals surface area contributed by atoms with Gasteiger partial charge in [-0.1, -0.05) is 65.3 Å². The van der Waals surface area contributed by atoms with Crippen molar-refractivity contribution >= 4 is 23.3 Å². The van der Waals surface area contributed by atoms with Crippen molar-refractivity contribution in [1.82, 2.24) is 5.32 Å². The smallest absolute Gasteiger partial charge is 0.310 e. The molecule has 1 heterocycles. The van der Waals surface area contributed by atoms with Crippen LogP contribution in [0.25, 0.3) is 0 Å².